The van der Waals surface area contributed by atoms with Crippen molar-refractivity contribution in [2.24, 2.45) is 4.99 Å². The van der Waals surface area contributed by atoms with E-state index in [0.717, 1.165) is 12.1 Å². The Morgan fingerprint density at radius 3 is 2.45 bits per heavy atom. The molecule has 0 saturated heterocycles. The maximum absolute atomic E-state index is 14.6. The zero-order chi connectivity index (χ0) is 22.2. The molecule has 10 heteroatoms. The zero-order valence-corrected chi connectivity index (χ0v) is 17.6. The van der Waals surface area contributed by atoms with E-state index in [1.54, 1.807) is 37.3 Å². The number of nitrogens with one attached hydrogen (secondary N) is 2. The third-order valence-electron chi connectivity index (χ3n) is 4.56. The quantitative estimate of drug-likeness (QED) is 0.555. The molecule has 31 heavy (non-hydrogen) atoms. The number of sulfonamides is 1. The molecule has 3 aromatic rings. The molecule has 160 valence electrons. The summed E-state index contributed by atoms with van der Waals surface area (Å²) in [4.78, 5) is 4.00. The SMILES string of the molecule is C[C@H](N=C1Nc2c(ccc(F)c2Oc2ccccc2Cl)S(=O)(=O)N1)c1ccccc1F. The molecule has 1 aliphatic rings. The number of ether oxygens (including phenoxy) is 1. The highest BCUT2D eigenvalue weighted by atomic mass is 35.5. The molecule has 6 nitrogen and oxygen atoms in total. The van der Waals surface area contributed by atoms with Crippen LogP contribution in [0.25, 0.3) is 0 Å². The number of aliphatic imine (C=N–C) groups is 1. The summed E-state index contributed by atoms with van der Waals surface area (Å²) in [7, 11) is -4.09. The Labute approximate surface area is 182 Å². The Bertz CT molecular complexity index is 1300. The molecular formula is C21H16ClF2N3O3S. The van der Waals surface area contributed by atoms with Gasteiger partial charge in [-0.15, -0.1) is 0 Å². The Hall–Kier alpha value is -3.17. The van der Waals surface area contributed by atoms with Gasteiger partial charge in [-0.2, -0.15) is 0 Å². The second-order valence-corrected chi connectivity index (χ2v) is 8.75. The van der Waals surface area contributed by atoms with Crippen molar-refractivity contribution in [3.63, 3.8) is 0 Å². The summed E-state index contributed by atoms with van der Waals surface area (Å²) < 4.78 is 62.1. The summed E-state index contributed by atoms with van der Waals surface area (Å²) in [6, 6.07) is 13.8. The van der Waals surface area contributed by atoms with Gasteiger partial charge in [0.15, 0.2) is 11.6 Å². The molecule has 1 heterocycles. The van der Waals surface area contributed by atoms with Gasteiger partial charge in [-0.05, 0) is 37.3 Å². The highest BCUT2D eigenvalue weighted by molar-refractivity contribution is 7.90. The van der Waals surface area contributed by atoms with Crippen LogP contribution < -0.4 is 14.8 Å². The fraction of sp³-hybridized carbons (Fsp3) is 0.0952. The average Bonchev–Trinajstić information content (AvgIpc) is 2.71. The maximum atomic E-state index is 14.6. The van der Waals surface area contributed by atoms with Crippen LogP contribution in [0.15, 0.2) is 70.6 Å². The van der Waals surface area contributed by atoms with Gasteiger partial charge in [-0.1, -0.05) is 41.9 Å². The summed E-state index contributed by atoms with van der Waals surface area (Å²) in [6.07, 6.45) is 0. The Morgan fingerprint density at radius 1 is 1.00 bits per heavy atom. The van der Waals surface area contributed by atoms with Crippen molar-refractivity contribution in [3.8, 4) is 11.5 Å². The number of para-hydroxylation sites is 1. The van der Waals surface area contributed by atoms with Crippen LogP contribution in [0.2, 0.25) is 5.02 Å². The molecule has 0 fully saturated rings. The Balaban J connectivity index is 1.77. The number of benzene rings is 3. The molecule has 3 aromatic carbocycles. The largest absolute Gasteiger partial charge is 0.450 e. The van der Waals surface area contributed by atoms with Crippen molar-refractivity contribution >= 4 is 33.3 Å². The van der Waals surface area contributed by atoms with Gasteiger partial charge < -0.3 is 10.1 Å². The molecule has 0 bridgehead atoms. The lowest BCUT2D eigenvalue weighted by molar-refractivity contribution is 0.443. The van der Waals surface area contributed by atoms with Crippen LogP contribution in [0.3, 0.4) is 0 Å². The van der Waals surface area contributed by atoms with Crippen LogP contribution in [0.4, 0.5) is 14.5 Å². The molecule has 0 amide bonds. The predicted octanol–water partition coefficient (Wildman–Crippen LogP) is 5.23. The van der Waals surface area contributed by atoms with E-state index in [1.807, 2.05) is 0 Å². The second kappa shape index (κ2) is 8.16. The smallest absolute Gasteiger partial charge is 0.266 e. The number of hydrogen-bond acceptors (Lipinski definition) is 4. The molecule has 0 radical (unpaired) electrons. The first-order chi connectivity index (χ1) is 14.8. The van der Waals surface area contributed by atoms with E-state index < -0.39 is 27.7 Å². The fourth-order valence-electron chi connectivity index (χ4n) is 3.08. The zero-order valence-electron chi connectivity index (χ0n) is 16.1. The van der Waals surface area contributed by atoms with Crippen LogP contribution in [0, 0.1) is 11.6 Å². The van der Waals surface area contributed by atoms with E-state index in [2.05, 4.69) is 15.0 Å². The molecule has 0 unspecified atom stereocenters. The lowest BCUT2D eigenvalue weighted by Gasteiger charge is -2.25. The van der Waals surface area contributed by atoms with Gasteiger partial charge in [0.1, 0.15) is 22.1 Å². The molecule has 4 rings (SSSR count). The number of anilines is 1. The van der Waals surface area contributed by atoms with Crippen LogP contribution in [0.1, 0.15) is 18.5 Å². The van der Waals surface area contributed by atoms with Crippen molar-refractivity contribution in [1.82, 2.24) is 4.72 Å². The molecule has 0 spiro atoms. The topological polar surface area (TPSA) is 79.8 Å². The van der Waals surface area contributed by atoms with Crippen LogP contribution in [0.5, 0.6) is 11.5 Å². The monoisotopic (exact) mass is 463 g/mol. The molecule has 1 aliphatic heterocycles. The van der Waals surface area contributed by atoms with Crippen LogP contribution in [-0.4, -0.2) is 14.4 Å². The average molecular weight is 464 g/mol. The van der Waals surface area contributed by atoms with Crippen molar-refractivity contribution in [3.05, 3.63) is 82.9 Å². The molecule has 0 aliphatic carbocycles. The maximum Gasteiger partial charge on any atom is 0.266 e. The lowest BCUT2D eigenvalue weighted by Crippen LogP contribution is -2.41. The van der Waals surface area contributed by atoms with E-state index in [4.69, 9.17) is 16.3 Å². The minimum Gasteiger partial charge on any atom is -0.450 e. The van der Waals surface area contributed by atoms with Gasteiger partial charge in [0.05, 0.1) is 11.1 Å². The van der Waals surface area contributed by atoms with Crippen molar-refractivity contribution < 1.29 is 21.9 Å². The molecule has 0 aromatic heterocycles. The third-order valence-corrected chi connectivity index (χ3v) is 6.26. The number of fused-ring (bicyclic) bond motifs is 1. The van der Waals surface area contributed by atoms with Gasteiger partial charge >= 0.3 is 0 Å². The molecule has 0 saturated carbocycles. The number of guanidine groups is 1. The van der Waals surface area contributed by atoms with Crippen molar-refractivity contribution in [2.45, 2.75) is 17.9 Å². The van der Waals surface area contributed by atoms with Crippen LogP contribution in [-0.2, 0) is 10.0 Å². The van der Waals surface area contributed by atoms with E-state index in [0.29, 0.717) is 0 Å². The number of rotatable bonds is 4. The van der Waals surface area contributed by atoms with E-state index in [9.17, 15) is 17.2 Å². The van der Waals surface area contributed by atoms with Crippen LogP contribution >= 0.6 is 11.6 Å². The van der Waals surface area contributed by atoms with Gasteiger partial charge in [0, 0.05) is 5.56 Å². The number of halogens is 3. The lowest BCUT2D eigenvalue weighted by atomic mass is 10.1. The van der Waals surface area contributed by atoms with Gasteiger partial charge in [-0.25, -0.2) is 26.9 Å². The van der Waals surface area contributed by atoms with E-state index >= 15 is 0 Å². The van der Waals surface area contributed by atoms with Gasteiger partial charge in [0.2, 0.25) is 5.96 Å². The minimum atomic E-state index is -4.09. The number of nitrogens with zero attached hydrogens (tertiary/aromatic N) is 1. The highest BCUT2D eigenvalue weighted by Gasteiger charge is 2.32. The summed E-state index contributed by atoms with van der Waals surface area (Å²) in [5, 5.41) is 2.97. The Morgan fingerprint density at radius 2 is 1.71 bits per heavy atom. The standard InChI is InChI=1S/C21H16ClF2N3O3S/c1-12(13-6-2-4-8-15(13)23)25-21-26-19-18(31(28,29)27-21)11-10-16(24)20(19)30-17-9-5-3-7-14(17)22/h2-12H,1H3,(H2,25,26,27)/t12-/m0/s1. The first-order valence-electron chi connectivity index (χ1n) is 9.13. The summed E-state index contributed by atoms with van der Waals surface area (Å²) in [6.45, 7) is 1.60. The first-order valence-corrected chi connectivity index (χ1v) is 11.0. The second-order valence-electron chi connectivity index (χ2n) is 6.69. The third kappa shape index (κ3) is 4.19. The normalized spacial score (nSPS) is 16.7. The van der Waals surface area contributed by atoms with E-state index in [-0.39, 0.29) is 38.6 Å². The number of hydrogen-bond donors (Lipinski definition) is 2. The van der Waals surface area contributed by atoms with E-state index in [1.165, 1.54) is 18.2 Å². The summed E-state index contributed by atoms with van der Waals surface area (Å²) >= 11 is 6.09. The fourth-order valence-corrected chi connectivity index (χ4v) is 4.38. The first kappa shape index (κ1) is 21.1. The van der Waals surface area contributed by atoms with Gasteiger partial charge in [-0.3, -0.25) is 0 Å². The molecular weight excluding hydrogens is 448 g/mol. The van der Waals surface area contributed by atoms with Gasteiger partial charge in [0.25, 0.3) is 10.0 Å². The molecule has 1 atom stereocenters. The van der Waals surface area contributed by atoms with Crippen molar-refractivity contribution in [2.75, 3.05) is 5.32 Å². The summed E-state index contributed by atoms with van der Waals surface area (Å²) in [5.41, 5.74) is 0.131. The highest BCUT2D eigenvalue weighted by Crippen LogP contribution is 2.40. The molecule has 2 N–H and O–H groups in total. The summed E-state index contributed by atoms with van der Waals surface area (Å²) in [5.74, 6) is -1.69. The predicted molar refractivity (Wildman–Crippen MR) is 114 cm³/mol. The van der Waals surface area contributed by atoms with Crippen molar-refractivity contribution in [1.29, 1.82) is 0 Å². The Kier molecular flexibility index (Phi) is 5.55. The minimum absolute atomic E-state index is 0.141.